The molecule has 0 radical (unpaired) electrons. The molecular weight excluding hydrogens is 238 g/mol. The Labute approximate surface area is 106 Å². The molecule has 0 aromatic heterocycles. The molecule has 1 aliphatic rings. The maximum atomic E-state index is 11.7. The van der Waals surface area contributed by atoms with Crippen LogP contribution in [0.15, 0.2) is 4.99 Å². The van der Waals surface area contributed by atoms with E-state index < -0.39 is 17.8 Å². The molecular formula is C11H19N3O4. The molecule has 0 saturated carbocycles. The first-order chi connectivity index (χ1) is 8.60. The predicted octanol–water partition coefficient (Wildman–Crippen LogP) is -0.293. The molecule has 1 unspecified atom stereocenters. The minimum atomic E-state index is -0.916. The van der Waals surface area contributed by atoms with Crippen LogP contribution in [0.2, 0.25) is 0 Å². The molecule has 18 heavy (non-hydrogen) atoms. The summed E-state index contributed by atoms with van der Waals surface area (Å²) >= 11 is 0. The maximum absolute atomic E-state index is 11.7. The molecule has 102 valence electrons. The monoisotopic (exact) mass is 257 g/mol. The molecule has 0 aromatic carbocycles. The standard InChI is InChI=1S/C11H19N3O4/c1-3-18-11(16)8-7-14(12)9(13-10(8)15)5-4-6-17-2/h8H,3-7,12H2,1-2H3. The molecule has 7 heteroatoms. The second kappa shape index (κ2) is 7.07. The predicted molar refractivity (Wildman–Crippen MR) is 64.6 cm³/mol. The van der Waals surface area contributed by atoms with E-state index in [0.29, 0.717) is 18.9 Å². The quantitative estimate of drug-likeness (QED) is 0.304. The molecule has 1 rings (SSSR count). The van der Waals surface area contributed by atoms with E-state index in [1.54, 1.807) is 14.0 Å². The normalized spacial score (nSPS) is 19.7. The number of hydrogen-bond donors (Lipinski definition) is 1. The number of aliphatic imine (C=N–C) groups is 1. The van der Waals surface area contributed by atoms with Gasteiger partial charge in [0.05, 0.1) is 13.2 Å². The average molecular weight is 257 g/mol. The SMILES string of the molecule is CCOC(=O)C1CN(N)C(CCCOC)=NC1=O. The summed E-state index contributed by atoms with van der Waals surface area (Å²) in [5.41, 5.74) is 0. The largest absolute Gasteiger partial charge is 0.465 e. The van der Waals surface area contributed by atoms with Crippen molar-refractivity contribution in [2.45, 2.75) is 19.8 Å². The summed E-state index contributed by atoms with van der Waals surface area (Å²) in [7, 11) is 1.60. The van der Waals surface area contributed by atoms with Crippen LogP contribution in [0, 0.1) is 5.92 Å². The van der Waals surface area contributed by atoms with Gasteiger partial charge in [0.15, 0.2) is 5.92 Å². The van der Waals surface area contributed by atoms with E-state index >= 15 is 0 Å². The summed E-state index contributed by atoms with van der Waals surface area (Å²) in [4.78, 5) is 27.0. The van der Waals surface area contributed by atoms with E-state index in [1.165, 1.54) is 5.01 Å². The Kier molecular flexibility index (Phi) is 5.73. The lowest BCUT2D eigenvalue weighted by atomic mass is 10.1. The number of carbonyl (C=O) groups excluding carboxylic acids is 2. The zero-order valence-electron chi connectivity index (χ0n) is 10.7. The highest BCUT2D eigenvalue weighted by molar-refractivity contribution is 6.06. The van der Waals surface area contributed by atoms with Crippen LogP contribution in [-0.4, -0.2) is 49.6 Å². The van der Waals surface area contributed by atoms with Crippen molar-refractivity contribution < 1.29 is 19.1 Å². The van der Waals surface area contributed by atoms with Gasteiger partial charge in [-0.15, -0.1) is 0 Å². The van der Waals surface area contributed by atoms with Crippen LogP contribution >= 0.6 is 0 Å². The van der Waals surface area contributed by atoms with Crippen LogP contribution in [0.1, 0.15) is 19.8 Å². The Morgan fingerprint density at radius 1 is 1.61 bits per heavy atom. The summed E-state index contributed by atoms with van der Waals surface area (Å²) in [6.45, 7) is 2.61. The van der Waals surface area contributed by atoms with Crippen LogP contribution in [0.4, 0.5) is 0 Å². The average Bonchev–Trinajstić information content (AvgIpc) is 2.33. The summed E-state index contributed by atoms with van der Waals surface area (Å²) in [6.07, 6.45) is 1.27. The fraction of sp³-hybridized carbons (Fsp3) is 0.727. The second-order valence-corrected chi connectivity index (χ2v) is 3.92. The van der Waals surface area contributed by atoms with E-state index in [9.17, 15) is 9.59 Å². The molecule has 0 aliphatic carbocycles. The lowest BCUT2D eigenvalue weighted by Crippen LogP contribution is -2.49. The molecule has 0 spiro atoms. The van der Waals surface area contributed by atoms with Crippen LogP contribution in [0.25, 0.3) is 0 Å². The molecule has 1 heterocycles. The van der Waals surface area contributed by atoms with Gasteiger partial charge in [0.25, 0.3) is 5.91 Å². The van der Waals surface area contributed by atoms with Gasteiger partial charge < -0.3 is 9.47 Å². The first-order valence-corrected chi connectivity index (χ1v) is 5.89. The summed E-state index contributed by atoms with van der Waals surface area (Å²) in [5, 5.41) is 1.33. The third-order valence-electron chi connectivity index (χ3n) is 2.57. The minimum absolute atomic E-state index is 0.115. The van der Waals surface area contributed by atoms with E-state index in [1.807, 2.05) is 0 Å². The highest BCUT2D eigenvalue weighted by atomic mass is 16.5. The lowest BCUT2D eigenvalue weighted by Gasteiger charge is -2.27. The van der Waals surface area contributed by atoms with Gasteiger partial charge in [0, 0.05) is 20.1 Å². The zero-order valence-corrected chi connectivity index (χ0v) is 10.7. The molecule has 0 aromatic rings. The number of rotatable bonds is 6. The molecule has 0 fully saturated rings. The number of nitrogens with two attached hydrogens (primary N) is 1. The van der Waals surface area contributed by atoms with Crippen molar-refractivity contribution in [3.05, 3.63) is 0 Å². The van der Waals surface area contributed by atoms with Crippen molar-refractivity contribution in [3.63, 3.8) is 0 Å². The Hall–Kier alpha value is -1.47. The van der Waals surface area contributed by atoms with E-state index in [0.717, 1.165) is 6.42 Å². The van der Waals surface area contributed by atoms with Crippen molar-refractivity contribution >= 4 is 17.7 Å². The van der Waals surface area contributed by atoms with Crippen LogP contribution in [-0.2, 0) is 19.1 Å². The number of hydrazine groups is 1. The number of amides is 1. The van der Waals surface area contributed by atoms with E-state index in [-0.39, 0.29) is 13.2 Å². The smallest absolute Gasteiger partial charge is 0.320 e. The van der Waals surface area contributed by atoms with Gasteiger partial charge in [-0.05, 0) is 13.3 Å². The number of ether oxygens (including phenoxy) is 2. The van der Waals surface area contributed by atoms with E-state index in [4.69, 9.17) is 15.3 Å². The highest BCUT2D eigenvalue weighted by Gasteiger charge is 2.34. The van der Waals surface area contributed by atoms with Gasteiger partial charge >= 0.3 is 5.97 Å². The third-order valence-corrected chi connectivity index (χ3v) is 2.57. The molecule has 1 atom stereocenters. The van der Waals surface area contributed by atoms with Gasteiger partial charge in [-0.3, -0.25) is 14.6 Å². The lowest BCUT2D eigenvalue weighted by molar-refractivity contribution is -0.152. The van der Waals surface area contributed by atoms with E-state index in [2.05, 4.69) is 4.99 Å². The van der Waals surface area contributed by atoms with Gasteiger partial charge in [-0.2, -0.15) is 4.99 Å². The van der Waals surface area contributed by atoms with Crippen LogP contribution in [0.5, 0.6) is 0 Å². The molecule has 0 saturated heterocycles. The van der Waals surface area contributed by atoms with Crippen molar-refractivity contribution in [1.82, 2.24) is 5.01 Å². The van der Waals surface area contributed by atoms with Crippen LogP contribution in [0.3, 0.4) is 0 Å². The maximum Gasteiger partial charge on any atom is 0.320 e. The Balaban J connectivity index is 2.62. The Morgan fingerprint density at radius 3 is 2.94 bits per heavy atom. The first-order valence-electron chi connectivity index (χ1n) is 5.89. The topological polar surface area (TPSA) is 94.2 Å². The van der Waals surface area contributed by atoms with Crippen molar-refractivity contribution in [3.8, 4) is 0 Å². The fourth-order valence-corrected chi connectivity index (χ4v) is 1.64. The van der Waals surface area contributed by atoms with Gasteiger partial charge in [-0.25, -0.2) is 5.84 Å². The molecule has 2 N–H and O–H groups in total. The van der Waals surface area contributed by atoms with Crippen molar-refractivity contribution in [2.24, 2.45) is 16.8 Å². The highest BCUT2D eigenvalue weighted by Crippen LogP contribution is 2.13. The second-order valence-electron chi connectivity index (χ2n) is 3.92. The van der Waals surface area contributed by atoms with Crippen LogP contribution < -0.4 is 5.84 Å². The number of carbonyl (C=O) groups is 2. The summed E-state index contributed by atoms with van der Waals surface area (Å²) in [6, 6.07) is 0. The summed E-state index contributed by atoms with van der Waals surface area (Å²) < 4.78 is 9.72. The van der Waals surface area contributed by atoms with Crippen molar-refractivity contribution in [1.29, 1.82) is 0 Å². The fourth-order valence-electron chi connectivity index (χ4n) is 1.64. The van der Waals surface area contributed by atoms with Crippen molar-refractivity contribution in [2.75, 3.05) is 26.9 Å². The zero-order chi connectivity index (χ0) is 13.5. The van der Waals surface area contributed by atoms with Gasteiger partial charge in [0.1, 0.15) is 5.84 Å². The molecule has 1 aliphatic heterocycles. The number of hydrogen-bond acceptors (Lipinski definition) is 6. The number of esters is 1. The number of amidine groups is 1. The number of nitrogens with zero attached hydrogens (tertiary/aromatic N) is 2. The third kappa shape index (κ3) is 3.78. The van der Waals surface area contributed by atoms with Gasteiger partial charge in [-0.1, -0.05) is 0 Å². The Morgan fingerprint density at radius 2 is 2.33 bits per heavy atom. The number of methoxy groups -OCH3 is 1. The molecule has 0 bridgehead atoms. The first kappa shape index (κ1) is 14.6. The minimum Gasteiger partial charge on any atom is -0.465 e. The Bertz CT molecular complexity index is 343. The molecule has 7 nitrogen and oxygen atoms in total. The summed E-state index contributed by atoms with van der Waals surface area (Å²) in [5.74, 6) is 4.26. The molecule has 1 amide bonds. The van der Waals surface area contributed by atoms with Gasteiger partial charge in [0.2, 0.25) is 0 Å².